The SMILES string of the molecule is C[Si](C)(C)O[C@]12CCCC[C@H]1[C@@H]2/C=C/c1ccccc1. The van der Waals surface area contributed by atoms with Gasteiger partial charge in [-0.1, -0.05) is 55.3 Å². The van der Waals surface area contributed by atoms with Crippen LogP contribution in [-0.2, 0) is 4.43 Å². The molecule has 2 heteroatoms. The molecule has 20 heavy (non-hydrogen) atoms. The molecule has 0 heterocycles. The van der Waals surface area contributed by atoms with Crippen molar-refractivity contribution in [1.82, 2.24) is 0 Å². The van der Waals surface area contributed by atoms with E-state index < -0.39 is 8.32 Å². The van der Waals surface area contributed by atoms with Crippen molar-refractivity contribution in [1.29, 1.82) is 0 Å². The average Bonchev–Trinajstić information content (AvgIpc) is 3.02. The van der Waals surface area contributed by atoms with E-state index in [1.807, 2.05) is 0 Å². The first-order chi connectivity index (χ1) is 9.51. The Labute approximate surface area is 124 Å². The highest BCUT2D eigenvalue weighted by atomic mass is 28.4. The van der Waals surface area contributed by atoms with Crippen LogP contribution in [0.5, 0.6) is 0 Å². The van der Waals surface area contributed by atoms with Crippen molar-refractivity contribution in [2.45, 2.75) is 50.9 Å². The van der Waals surface area contributed by atoms with Crippen LogP contribution in [0.15, 0.2) is 36.4 Å². The van der Waals surface area contributed by atoms with Crippen LogP contribution in [0.2, 0.25) is 19.6 Å². The van der Waals surface area contributed by atoms with Gasteiger partial charge in [-0.2, -0.15) is 0 Å². The van der Waals surface area contributed by atoms with Gasteiger partial charge in [-0.15, -0.1) is 0 Å². The van der Waals surface area contributed by atoms with Crippen LogP contribution in [0, 0.1) is 11.8 Å². The minimum absolute atomic E-state index is 0.202. The van der Waals surface area contributed by atoms with Crippen molar-refractivity contribution in [3.8, 4) is 0 Å². The molecule has 0 radical (unpaired) electrons. The third-order valence-corrected chi connectivity index (χ3v) is 5.63. The van der Waals surface area contributed by atoms with Crippen molar-refractivity contribution < 1.29 is 4.43 Å². The Morgan fingerprint density at radius 2 is 1.90 bits per heavy atom. The molecule has 2 fully saturated rings. The summed E-state index contributed by atoms with van der Waals surface area (Å²) in [5, 5.41) is 0. The Hall–Kier alpha value is -0.863. The molecule has 2 aliphatic rings. The summed E-state index contributed by atoms with van der Waals surface area (Å²) in [5.74, 6) is 1.43. The molecule has 3 atom stereocenters. The number of rotatable bonds is 4. The fourth-order valence-electron chi connectivity index (χ4n) is 3.91. The van der Waals surface area contributed by atoms with Gasteiger partial charge in [0.25, 0.3) is 0 Å². The molecule has 1 aromatic carbocycles. The van der Waals surface area contributed by atoms with Gasteiger partial charge in [0.05, 0.1) is 5.60 Å². The lowest BCUT2D eigenvalue weighted by molar-refractivity contribution is 0.114. The van der Waals surface area contributed by atoms with Crippen LogP contribution < -0.4 is 0 Å². The number of hydrogen-bond donors (Lipinski definition) is 0. The van der Waals surface area contributed by atoms with E-state index in [1.54, 1.807) is 0 Å². The summed E-state index contributed by atoms with van der Waals surface area (Å²) in [6.07, 6.45) is 10.1. The normalized spacial score (nSPS) is 33.1. The Balaban J connectivity index is 1.75. The van der Waals surface area contributed by atoms with E-state index in [-0.39, 0.29) is 5.60 Å². The average molecular weight is 286 g/mol. The van der Waals surface area contributed by atoms with Crippen LogP contribution in [-0.4, -0.2) is 13.9 Å². The zero-order valence-corrected chi connectivity index (χ0v) is 13.9. The second kappa shape index (κ2) is 5.16. The van der Waals surface area contributed by atoms with E-state index in [1.165, 1.54) is 31.2 Å². The highest BCUT2D eigenvalue weighted by Crippen LogP contribution is 2.63. The highest BCUT2D eigenvalue weighted by molar-refractivity contribution is 6.69. The van der Waals surface area contributed by atoms with Gasteiger partial charge in [0, 0.05) is 5.92 Å². The van der Waals surface area contributed by atoms with E-state index in [9.17, 15) is 0 Å². The first-order valence-corrected chi connectivity index (χ1v) is 11.4. The maximum absolute atomic E-state index is 6.63. The fraction of sp³-hybridized carbons (Fsp3) is 0.556. The molecule has 3 rings (SSSR count). The van der Waals surface area contributed by atoms with Gasteiger partial charge in [-0.25, -0.2) is 0 Å². The predicted molar refractivity (Wildman–Crippen MR) is 88.1 cm³/mol. The van der Waals surface area contributed by atoms with E-state index in [2.05, 4.69) is 62.1 Å². The van der Waals surface area contributed by atoms with Crippen molar-refractivity contribution >= 4 is 14.4 Å². The Kier molecular flexibility index (Phi) is 3.63. The van der Waals surface area contributed by atoms with Gasteiger partial charge in [-0.3, -0.25) is 0 Å². The minimum Gasteiger partial charge on any atom is -0.411 e. The maximum atomic E-state index is 6.63. The molecule has 0 aliphatic heterocycles. The van der Waals surface area contributed by atoms with Crippen LogP contribution in [0.3, 0.4) is 0 Å². The van der Waals surface area contributed by atoms with Gasteiger partial charge in [-0.05, 0) is 44.0 Å². The zero-order chi connectivity index (χ0) is 14.2. The Morgan fingerprint density at radius 1 is 1.15 bits per heavy atom. The van der Waals surface area contributed by atoms with Crippen molar-refractivity contribution in [3.05, 3.63) is 42.0 Å². The largest absolute Gasteiger partial charge is 0.411 e. The maximum Gasteiger partial charge on any atom is 0.184 e. The smallest absolute Gasteiger partial charge is 0.184 e. The quantitative estimate of drug-likeness (QED) is 0.699. The topological polar surface area (TPSA) is 9.23 Å². The lowest BCUT2D eigenvalue weighted by Gasteiger charge is -2.30. The van der Waals surface area contributed by atoms with Crippen molar-refractivity contribution in [2.24, 2.45) is 11.8 Å². The number of benzene rings is 1. The predicted octanol–water partition coefficient (Wildman–Crippen LogP) is 5.11. The molecular formula is C18H26OSi. The van der Waals surface area contributed by atoms with Crippen molar-refractivity contribution in [2.75, 3.05) is 0 Å². The van der Waals surface area contributed by atoms with Gasteiger partial charge in [0.15, 0.2) is 8.32 Å². The van der Waals surface area contributed by atoms with Crippen LogP contribution in [0.25, 0.3) is 6.08 Å². The van der Waals surface area contributed by atoms with E-state index in [0.717, 1.165) is 5.92 Å². The lowest BCUT2D eigenvalue weighted by atomic mass is 9.98. The summed E-state index contributed by atoms with van der Waals surface area (Å²) in [4.78, 5) is 0. The third-order valence-electron chi connectivity index (χ3n) is 4.64. The monoisotopic (exact) mass is 286 g/mol. The van der Waals surface area contributed by atoms with Crippen LogP contribution in [0.4, 0.5) is 0 Å². The summed E-state index contributed by atoms with van der Waals surface area (Å²) < 4.78 is 6.63. The Bertz CT molecular complexity index is 488. The fourth-order valence-corrected chi connectivity index (χ4v) is 5.44. The molecule has 0 saturated heterocycles. The van der Waals surface area contributed by atoms with Crippen molar-refractivity contribution in [3.63, 3.8) is 0 Å². The first kappa shape index (κ1) is 14.1. The number of hydrogen-bond acceptors (Lipinski definition) is 1. The molecule has 0 spiro atoms. The second-order valence-electron chi connectivity index (χ2n) is 7.32. The summed E-state index contributed by atoms with van der Waals surface area (Å²) >= 11 is 0. The highest BCUT2D eigenvalue weighted by Gasteiger charge is 2.65. The summed E-state index contributed by atoms with van der Waals surface area (Å²) in [6, 6.07) is 10.6. The molecular weight excluding hydrogens is 260 g/mol. The van der Waals surface area contributed by atoms with Gasteiger partial charge in [0.1, 0.15) is 0 Å². The van der Waals surface area contributed by atoms with Gasteiger partial charge >= 0.3 is 0 Å². The van der Waals surface area contributed by atoms with Gasteiger partial charge < -0.3 is 4.43 Å². The summed E-state index contributed by atoms with van der Waals surface area (Å²) in [5.41, 5.74) is 1.51. The summed E-state index contributed by atoms with van der Waals surface area (Å²) in [6.45, 7) is 6.97. The van der Waals surface area contributed by atoms with Crippen LogP contribution >= 0.6 is 0 Å². The second-order valence-corrected chi connectivity index (χ2v) is 11.7. The minimum atomic E-state index is -1.46. The summed E-state index contributed by atoms with van der Waals surface area (Å²) in [7, 11) is -1.46. The third kappa shape index (κ3) is 2.77. The molecule has 2 saturated carbocycles. The molecule has 0 N–H and O–H groups in total. The first-order valence-electron chi connectivity index (χ1n) is 7.95. The van der Waals surface area contributed by atoms with E-state index in [0.29, 0.717) is 5.92 Å². The van der Waals surface area contributed by atoms with E-state index >= 15 is 0 Å². The molecule has 1 aromatic rings. The van der Waals surface area contributed by atoms with Crippen LogP contribution in [0.1, 0.15) is 31.2 Å². The molecule has 0 bridgehead atoms. The molecule has 0 unspecified atom stereocenters. The molecule has 0 amide bonds. The van der Waals surface area contributed by atoms with Gasteiger partial charge in [0.2, 0.25) is 0 Å². The zero-order valence-electron chi connectivity index (χ0n) is 12.9. The Morgan fingerprint density at radius 3 is 2.60 bits per heavy atom. The molecule has 0 aromatic heterocycles. The molecule has 2 aliphatic carbocycles. The standard InChI is InChI=1S/C18H26OSi/c1-20(2,3)19-18-14-8-7-11-16(18)17(18)13-12-15-9-5-4-6-10-15/h4-6,9-10,12-13,16-17H,7-8,11,14H2,1-3H3/b13-12+/t16-,17-,18+/m0/s1. The molecule has 108 valence electrons. The number of fused-ring (bicyclic) bond motifs is 1. The van der Waals surface area contributed by atoms with E-state index in [4.69, 9.17) is 4.43 Å². The molecule has 1 nitrogen and oxygen atoms in total. The lowest BCUT2D eigenvalue weighted by Crippen LogP contribution is -2.36.